The van der Waals surface area contributed by atoms with Gasteiger partial charge in [0.15, 0.2) is 0 Å². The van der Waals surface area contributed by atoms with E-state index < -0.39 is 0 Å². The van der Waals surface area contributed by atoms with E-state index in [0.717, 1.165) is 12.8 Å². The number of halogens is 1. The van der Waals surface area contributed by atoms with Crippen molar-refractivity contribution in [2.75, 3.05) is 5.33 Å². The SMILES string of the molecule is O=C(CBr)C1CCC2(CCCCC2)CC1. The smallest absolute Gasteiger partial charge is 0.146 e. The molecule has 15 heavy (non-hydrogen) atoms. The summed E-state index contributed by atoms with van der Waals surface area (Å²) in [5.74, 6) is 0.803. The fourth-order valence-corrected chi connectivity index (χ4v) is 3.92. The highest BCUT2D eigenvalue weighted by molar-refractivity contribution is 9.09. The van der Waals surface area contributed by atoms with Crippen molar-refractivity contribution in [2.24, 2.45) is 11.3 Å². The molecule has 2 rings (SSSR count). The monoisotopic (exact) mass is 272 g/mol. The Balaban J connectivity index is 1.88. The van der Waals surface area contributed by atoms with E-state index in [1.54, 1.807) is 0 Å². The fraction of sp³-hybridized carbons (Fsp3) is 0.923. The van der Waals surface area contributed by atoms with E-state index in [2.05, 4.69) is 15.9 Å². The van der Waals surface area contributed by atoms with Gasteiger partial charge in [-0.3, -0.25) is 4.79 Å². The Hall–Kier alpha value is 0.150. The average molecular weight is 273 g/mol. The second kappa shape index (κ2) is 4.99. The first kappa shape index (κ1) is 11.6. The second-order valence-corrected chi connectivity index (χ2v) is 6.00. The molecule has 86 valence electrons. The maximum absolute atomic E-state index is 11.6. The van der Waals surface area contributed by atoms with Gasteiger partial charge in [0.2, 0.25) is 0 Å². The molecule has 0 N–H and O–H groups in total. The lowest BCUT2D eigenvalue weighted by molar-refractivity contribution is -0.122. The van der Waals surface area contributed by atoms with E-state index in [9.17, 15) is 4.79 Å². The van der Waals surface area contributed by atoms with Gasteiger partial charge in [-0.2, -0.15) is 0 Å². The van der Waals surface area contributed by atoms with Crippen molar-refractivity contribution < 1.29 is 4.79 Å². The van der Waals surface area contributed by atoms with Gasteiger partial charge < -0.3 is 0 Å². The molecule has 0 aromatic heterocycles. The third-order valence-corrected chi connectivity index (χ3v) is 5.10. The van der Waals surface area contributed by atoms with Gasteiger partial charge in [0, 0.05) is 5.92 Å². The number of ketones is 1. The molecule has 0 unspecified atom stereocenters. The minimum atomic E-state index is 0.372. The predicted molar refractivity (Wildman–Crippen MR) is 66.3 cm³/mol. The summed E-state index contributed by atoms with van der Waals surface area (Å²) in [6.45, 7) is 0. The number of alkyl halides is 1. The Bertz CT molecular complexity index is 221. The van der Waals surface area contributed by atoms with Crippen LogP contribution in [-0.4, -0.2) is 11.1 Å². The van der Waals surface area contributed by atoms with E-state index in [1.807, 2.05) is 0 Å². The van der Waals surface area contributed by atoms with Crippen LogP contribution < -0.4 is 0 Å². The molecule has 0 saturated heterocycles. The number of rotatable bonds is 2. The summed E-state index contributed by atoms with van der Waals surface area (Å²) in [6.07, 6.45) is 12.1. The van der Waals surface area contributed by atoms with Gasteiger partial charge in [-0.25, -0.2) is 0 Å². The highest BCUT2D eigenvalue weighted by Gasteiger charge is 2.37. The third-order valence-electron chi connectivity index (χ3n) is 4.55. The van der Waals surface area contributed by atoms with Gasteiger partial charge >= 0.3 is 0 Å². The molecular weight excluding hydrogens is 252 g/mol. The Morgan fingerprint density at radius 2 is 1.67 bits per heavy atom. The molecule has 2 aliphatic carbocycles. The van der Waals surface area contributed by atoms with E-state index in [1.165, 1.54) is 44.9 Å². The fourth-order valence-electron chi connectivity index (χ4n) is 3.46. The van der Waals surface area contributed by atoms with E-state index in [4.69, 9.17) is 0 Å². The molecule has 2 saturated carbocycles. The molecule has 1 nitrogen and oxygen atoms in total. The van der Waals surface area contributed by atoms with Gasteiger partial charge in [-0.15, -0.1) is 0 Å². The van der Waals surface area contributed by atoms with Gasteiger partial charge in [-0.05, 0) is 43.9 Å². The normalized spacial score (nSPS) is 26.7. The van der Waals surface area contributed by atoms with Crippen molar-refractivity contribution in [1.29, 1.82) is 0 Å². The number of carbonyl (C=O) groups is 1. The Kier molecular flexibility index (Phi) is 3.87. The lowest BCUT2D eigenvalue weighted by atomic mass is 9.63. The standard InChI is InChI=1S/C13H21BrO/c14-10-12(15)11-4-8-13(9-5-11)6-2-1-3-7-13/h11H,1-10H2. The van der Waals surface area contributed by atoms with Crippen molar-refractivity contribution in [3.05, 3.63) is 0 Å². The summed E-state index contributed by atoms with van der Waals surface area (Å²) >= 11 is 3.29. The summed E-state index contributed by atoms with van der Waals surface area (Å²) in [4.78, 5) is 11.6. The van der Waals surface area contributed by atoms with Crippen LogP contribution in [0.25, 0.3) is 0 Å². The Labute approximate surface area is 101 Å². The van der Waals surface area contributed by atoms with Crippen LogP contribution in [0.1, 0.15) is 57.8 Å². The van der Waals surface area contributed by atoms with E-state index in [-0.39, 0.29) is 0 Å². The van der Waals surface area contributed by atoms with Crippen LogP contribution in [0.5, 0.6) is 0 Å². The van der Waals surface area contributed by atoms with Crippen LogP contribution in [-0.2, 0) is 4.79 Å². The molecule has 2 heteroatoms. The third kappa shape index (κ3) is 2.64. The molecule has 0 aromatic rings. The quantitative estimate of drug-likeness (QED) is 0.692. The lowest BCUT2D eigenvalue weighted by Crippen LogP contribution is -2.32. The van der Waals surface area contributed by atoms with Crippen molar-refractivity contribution in [1.82, 2.24) is 0 Å². The summed E-state index contributed by atoms with van der Waals surface area (Å²) in [5.41, 5.74) is 0.654. The number of Topliss-reactive ketones (excluding diaryl/α,β-unsaturated/α-hetero) is 1. The largest absolute Gasteiger partial charge is 0.298 e. The van der Waals surface area contributed by atoms with Crippen LogP contribution in [0.2, 0.25) is 0 Å². The van der Waals surface area contributed by atoms with Crippen LogP contribution in [0.15, 0.2) is 0 Å². The van der Waals surface area contributed by atoms with Crippen molar-refractivity contribution in [3.63, 3.8) is 0 Å². The van der Waals surface area contributed by atoms with Gasteiger partial charge in [0.1, 0.15) is 5.78 Å². The summed E-state index contributed by atoms with van der Waals surface area (Å²) in [6, 6.07) is 0. The molecule has 0 atom stereocenters. The predicted octanol–water partition coefficient (Wildman–Crippen LogP) is 4.09. The average Bonchev–Trinajstić information content (AvgIpc) is 2.30. The van der Waals surface area contributed by atoms with Crippen LogP contribution in [0.3, 0.4) is 0 Å². The van der Waals surface area contributed by atoms with Gasteiger partial charge in [-0.1, -0.05) is 35.2 Å². The molecule has 0 amide bonds. The Morgan fingerprint density at radius 3 is 2.20 bits per heavy atom. The molecule has 0 aliphatic heterocycles. The highest BCUT2D eigenvalue weighted by Crippen LogP contribution is 2.48. The molecule has 0 bridgehead atoms. The highest BCUT2D eigenvalue weighted by atomic mass is 79.9. The zero-order valence-corrected chi connectivity index (χ0v) is 11.0. The summed E-state index contributed by atoms with van der Waals surface area (Å²) in [5, 5.41) is 0.560. The minimum absolute atomic E-state index is 0.372. The minimum Gasteiger partial charge on any atom is -0.298 e. The van der Waals surface area contributed by atoms with Crippen LogP contribution in [0, 0.1) is 11.3 Å². The number of hydrogen-bond acceptors (Lipinski definition) is 1. The topological polar surface area (TPSA) is 17.1 Å². The van der Waals surface area contributed by atoms with Crippen molar-refractivity contribution in [3.8, 4) is 0 Å². The second-order valence-electron chi connectivity index (χ2n) is 5.43. The maximum atomic E-state index is 11.6. The molecule has 0 aromatic carbocycles. The zero-order chi connectivity index (χ0) is 10.7. The summed E-state index contributed by atoms with van der Waals surface area (Å²) < 4.78 is 0. The molecular formula is C13H21BrO. The molecule has 0 radical (unpaired) electrons. The first-order chi connectivity index (χ1) is 7.26. The molecule has 2 aliphatic rings. The van der Waals surface area contributed by atoms with Crippen molar-refractivity contribution >= 4 is 21.7 Å². The maximum Gasteiger partial charge on any atom is 0.146 e. The Morgan fingerprint density at radius 1 is 1.07 bits per heavy atom. The molecule has 2 fully saturated rings. The molecule has 0 heterocycles. The van der Waals surface area contributed by atoms with Gasteiger partial charge in [0.05, 0.1) is 5.33 Å². The van der Waals surface area contributed by atoms with Gasteiger partial charge in [0.25, 0.3) is 0 Å². The summed E-state index contributed by atoms with van der Waals surface area (Å²) in [7, 11) is 0. The first-order valence-electron chi connectivity index (χ1n) is 6.34. The lowest BCUT2D eigenvalue weighted by Gasteiger charge is -2.42. The van der Waals surface area contributed by atoms with E-state index >= 15 is 0 Å². The van der Waals surface area contributed by atoms with E-state index in [0.29, 0.717) is 22.4 Å². The first-order valence-corrected chi connectivity index (χ1v) is 7.47. The van der Waals surface area contributed by atoms with Crippen molar-refractivity contribution in [2.45, 2.75) is 57.8 Å². The zero-order valence-electron chi connectivity index (χ0n) is 9.43. The van der Waals surface area contributed by atoms with Crippen LogP contribution >= 0.6 is 15.9 Å². The number of hydrogen-bond donors (Lipinski definition) is 0. The van der Waals surface area contributed by atoms with Crippen LogP contribution in [0.4, 0.5) is 0 Å². The molecule has 1 spiro atoms. The number of carbonyl (C=O) groups excluding carboxylic acids is 1.